The molecule has 6 nitrogen and oxygen atoms in total. The van der Waals surface area contributed by atoms with Gasteiger partial charge in [0.2, 0.25) is 11.6 Å². The summed E-state index contributed by atoms with van der Waals surface area (Å²) in [5.41, 5.74) is 8.26. The van der Waals surface area contributed by atoms with Gasteiger partial charge in [0.15, 0.2) is 6.04 Å². The highest BCUT2D eigenvalue weighted by Gasteiger charge is 2.58. The Labute approximate surface area is 221 Å². The molecule has 37 heavy (non-hydrogen) atoms. The molecule has 2 aromatic rings. The lowest BCUT2D eigenvalue weighted by atomic mass is 9.64. The van der Waals surface area contributed by atoms with Gasteiger partial charge in [-0.3, -0.25) is 4.79 Å². The predicted molar refractivity (Wildman–Crippen MR) is 142 cm³/mol. The summed E-state index contributed by atoms with van der Waals surface area (Å²) in [6.07, 6.45) is 10.8. The number of piperidine rings is 1. The van der Waals surface area contributed by atoms with Crippen molar-refractivity contribution in [2.45, 2.75) is 81.2 Å². The number of nitrogens with two attached hydrogens (primary N) is 1. The maximum absolute atomic E-state index is 14.6. The van der Waals surface area contributed by atoms with Gasteiger partial charge in [0.1, 0.15) is 5.92 Å². The number of carbonyl (C=O) groups excluding carboxylic acids is 1. The summed E-state index contributed by atoms with van der Waals surface area (Å²) in [5.74, 6) is 2.42. The maximum atomic E-state index is 14.6. The summed E-state index contributed by atoms with van der Waals surface area (Å²) in [5, 5.41) is 2.40. The second kappa shape index (κ2) is 10.4. The number of carbonyl (C=O) groups is 1. The molecule has 1 spiro atoms. The third kappa shape index (κ3) is 4.46. The van der Waals surface area contributed by atoms with E-state index in [2.05, 4.69) is 57.3 Å². The van der Waals surface area contributed by atoms with Crippen LogP contribution in [0.2, 0.25) is 0 Å². The number of ether oxygens (including phenoxy) is 1. The number of amides is 1. The monoisotopic (exact) mass is 505 g/mol. The lowest BCUT2D eigenvalue weighted by Gasteiger charge is -2.47. The molecule has 3 heterocycles. The van der Waals surface area contributed by atoms with E-state index in [4.69, 9.17) is 4.74 Å². The lowest BCUT2D eigenvalue weighted by molar-refractivity contribution is -0.640. The molecule has 2 aliphatic carbocycles. The molecule has 2 unspecified atom stereocenters. The SMILES string of the molecule is COc1ccc2c([nH+]1)C([NH3+])CC[C@]21C[NH2+]CC1C(=O)N1CC[C@@H](c2ccccc2)C[C@H]1C1CCCCC1. The van der Waals surface area contributed by atoms with Crippen molar-refractivity contribution >= 4 is 5.91 Å². The first kappa shape index (κ1) is 24.9. The van der Waals surface area contributed by atoms with Gasteiger partial charge in [0, 0.05) is 24.6 Å². The Balaban J connectivity index is 1.31. The molecule has 1 amide bonds. The Morgan fingerprint density at radius 1 is 1.08 bits per heavy atom. The van der Waals surface area contributed by atoms with Crippen molar-refractivity contribution in [2.75, 3.05) is 26.7 Å². The molecule has 1 aromatic heterocycles. The Hall–Kier alpha value is -2.44. The number of benzene rings is 1. The first-order valence-corrected chi connectivity index (χ1v) is 14.7. The zero-order chi connectivity index (χ0) is 25.4. The minimum absolute atomic E-state index is 0.0277. The molecule has 1 saturated carbocycles. The minimum Gasteiger partial charge on any atom is -0.448 e. The molecule has 3 fully saturated rings. The van der Waals surface area contributed by atoms with Gasteiger partial charge in [0.25, 0.3) is 0 Å². The smallest absolute Gasteiger partial charge is 0.366 e. The van der Waals surface area contributed by atoms with E-state index >= 15 is 0 Å². The first-order chi connectivity index (χ1) is 18.1. The number of H-pyrrole nitrogens is 1. The molecule has 2 aliphatic heterocycles. The van der Waals surface area contributed by atoms with Crippen molar-refractivity contribution in [1.82, 2.24) is 4.90 Å². The molecular weight excluding hydrogens is 460 g/mol. The molecule has 5 atom stereocenters. The fourth-order valence-electron chi connectivity index (χ4n) is 8.33. The quantitative estimate of drug-likeness (QED) is 0.668. The summed E-state index contributed by atoms with van der Waals surface area (Å²) in [7, 11) is 1.70. The first-order valence-electron chi connectivity index (χ1n) is 14.7. The van der Waals surface area contributed by atoms with Gasteiger partial charge in [-0.2, -0.15) is 4.98 Å². The predicted octanol–water partition coefficient (Wildman–Crippen LogP) is 2.37. The largest absolute Gasteiger partial charge is 0.448 e. The topological polar surface area (TPSA) is 87.9 Å². The van der Waals surface area contributed by atoms with Crippen LogP contribution in [0, 0.1) is 11.8 Å². The molecule has 0 radical (unpaired) electrons. The Kier molecular flexibility index (Phi) is 6.97. The number of nitrogens with one attached hydrogen (secondary N) is 1. The van der Waals surface area contributed by atoms with Gasteiger partial charge in [0.05, 0.1) is 31.7 Å². The fourth-order valence-corrected chi connectivity index (χ4v) is 8.33. The summed E-state index contributed by atoms with van der Waals surface area (Å²) in [6, 6.07) is 15.9. The van der Waals surface area contributed by atoms with Gasteiger partial charge < -0.3 is 20.7 Å². The van der Waals surface area contributed by atoms with Crippen molar-refractivity contribution in [3.63, 3.8) is 0 Å². The van der Waals surface area contributed by atoms with Crippen molar-refractivity contribution in [3.8, 4) is 5.88 Å². The second-order valence-corrected chi connectivity index (χ2v) is 12.2. The van der Waals surface area contributed by atoms with E-state index in [-0.39, 0.29) is 17.4 Å². The Morgan fingerprint density at radius 3 is 2.68 bits per heavy atom. The molecule has 6 heteroatoms. The number of nitrogens with zero attached hydrogens (tertiary/aromatic N) is 1. The van der Waals surface area contributed by atoms with Gasteiger partial charge in [-0.05, 0) is 55.6 Å². The van der Waals surface area contributed by atoms with Crippen molar-refractivity contribution in [1.29, 1.82) is 0 Å². The van der Waals surface area contributed by atoms with Crippen LogP contribution < -0.4 is 20.8 Å². The summed E-state index contributed by atoms with van der Waals surface area (Å²) in [6.45, 7) is 2.77. The van der Waals surface area contributed by atoms with Crippen LogP contribution in [0.5, 0.6) is 5.88 Å². The molecule has 6 rings (SSSR count). The van der Waals surface area contributed by atoms with Crippen LogP contribution in [0.15, 0.2) is 42.5 Å². The number of rotatable bonds is 4. The van der Waals surface area contributed by atoms with E-state index in [1.54, 1.807) is 7.11 Å². The van der Waals surface area contributed by atoms with Crippen LogP contribution >= 0.6 is 0 Å². The van der Waals surface area contributed by atoms with Gasteiger partial charge in [-0.1, -0.05) is 49.6 Å². The highest BCUT2D eigenvalue weighted by atomic mass is 16.5. The van der Waals surface area contributed by atoms with Crippen LogP contribution in [-0.4, -0.2) is 43.6 Å². The average molecular weight is 506 g/mol. The van der Waals surface area contributed by atoms with Crippen LogP contribution in [0.1, 0.15) is 86.6 Å². The third-order valence-corrected chi connectivity index (χ3v) is 10.3. The molecular formula is C31H45N4O2+3. The average Bonchev–Trinajstić information content (AvgIpc) is 3.39. The highest BCUT2D eigenvalue weighted by Crippen LogP contribution is 2.47. The summed E-state index contributed by atoms with van der Waals surface area (Å²) < 4.78 is 5.51. The number of hydrogen-bond acceptors (Lipinski definition) is 2. The molecule has 6 N–H and O–H groups in total. The molecule has 2 saturated heterocycles. The number of hydrogen-bond donors (Lipinski definition) is 2. The second-order valence-electron chi connectivity index (χ2n) is 12.2. The molecule has 0 bridgehead atoms. The van der Waals surface area contributed by atoms with Gasteiger partial charge >= 0.3 is 5.88 Å². The van der Waals surface area contributed by atoms with Crippen LogP contribution in [0.25, 0.3) is 0 Å². The number of methoxy groups -OCH3 is 1. The molecule has 4 aliphatic rings. The normalized spacial score (nSPS) is 32.3. The summed E-state index contributed by atoms with van der Waals surface area (Å²) in [4.78, 5) is 20.5. The Bertz CT molecular complexity index is 1100. The van der Waals surface area contributed by atoms with Gasteiger partial charge in [-0.25, -0.2) is 0 Å². The number of pyridine rings is 1. The van der Waals surface area contributed by atoms with E-state index in [0.29, 0.717) is 23.8 Å². The van der Waals surface area contributed by atoms with Crippen molar-refractivity contribution < 1.29 is 25.6 Å². The van der Waals surface area contributed by atoms with Crippen molar-refractivity contribution in [2.24, 2.45) is 11.8 Å². The third-order valence-electron chi connectivity index (χ3n) is 10.3. The Morgan fingerprint density at radius 2 is 1.89 bits per heavy atom. The van der Waals surface area contributed by atoms with E-state index in [0.717, 1.165) is 51.2 Å². The van der Waals surface area contributed by atoms with Crippen LogP contribution in [-0.2, 0) is 10.2 Å². The number of quaternary nitrogens is 2. The molecule has 1 aromatic carbocycles. The zero-order valence-corrected chi connectivity index (χ0v) is 22.5. The molecule has 198 valence electrons. The van der Waals surface area contributed by atoms with E-state index in [9.17, 15) is 4.79 Å². The number of aromatic nitrogens is 1. The lowest BCUT2D eigenvalue weighted by Crippen LogP contribution is -2.82. The number of fused-ring (bicyclic) bond motifs is 2. The summed E-state index contributed by atoms with van der Waals surface area (Å²) >= 11 is 0. The number of likely N-dealkylation sites (tertiary alicyclic amines) is 1. The minimum atomic E-state index is -0.114. The van der Waals surface area contributed by atoms with E-state index in [1.165, 1.54) is 48.9 Å². The van der Waals surface area contributed by atoms with E-state index < -0.39 is 0 Å². The van der Waals surface area contributed by atoms with Crippen molar-refractivity contribution in [3.05, 3.63) is 59.3 Å². The maximum Gasteiger partial charge on any atom is 0.366 e. The number of aromatic amines is 1. The van der Waals surface area contributed by atoms with Gasteiger partial charge in [-0.15, -0.1) is 0 Å². The van der Waals surface area contributed by atoms with E-state index in [1.807, 2.05) is 6.07 Å². The van der Waals surface area contributed by atoms with Crippen LogP contribution in [0.3, 0.4) is 0 Å². The standard InChI is InChI=1S/C31H42N4O2/c1-37-28-13-12-24-29(34-28)26(32)14-16-31(24)20-33-19-25(31)30(36)35-17-15-23(21-8-4-2-5-9-21)18-27(35)22-10-6-3-7-11-22/h2,4-5,8-9,12-13,22-23,25-27,33H,3,6-7,10-11,14-20,32H2,1H3/p+3/t23-,25?,26?,27+,31+/m1/s1. The zero-order valence-electron chi connectivity index (χ0n) is 22.5. The fraction of sp³-hybridized carbons (Fsp3) is 0.613. The highest BCUT2D eigenvalue weighted by molar-refractivity contribution is 5.82. The van der Waals surface area contributed by atoms with Crippen LogP contribution in [0.4, 0.5) is 0 Å².